The lowest BCUT2D eigenvalue weighted by Gasteiger charge is -2.17. The summed E-state index contributed by atoms with van der Waals surface area (Å²) in [6.07, 6.45) is 2.21. The van der Waals surface area contributed by atoms with Crippen molar-refractivity contribution in [2.45, 2.75) is 26.3 Å². The number of alkyl carbamates (subject to hydrolysis) is 1. The van der Waals surface area contributed by atoms with Crippen LogP contribution in [0.1, 0.15) is 25.3 Å². The summed E-state index contributed by atoms with van der Waals surface area (Å²) in [6.45, 7) is 5.02. The van der Waals surface area contributed by atoms with E-state index in [0.717, 1.165) is 18.7 Å². The van der Waals surface area contributed by atoms with E-state index < -0.39 is 0 Å². The minimum atomic E-state index is -0.360. The first-order valence-corrected chi connectivity index (χ1v) is 6.54. The van der Waals surface area contributed by atoms with E-state index in [1.54, 1.807) is 6.92 Å². The monoisotopic (exact) mass is 248 g/mol. The average molecular weight is 248 g/mol. The molecular formula is C14H20N2O2. The molecule has 2 rings (SSSR count). The standard InChI is InChI=1S/C14H20N2O2/c1-2-18-14(17)15-11-12-5-7-13(8-6-12)16-9-3-4-10-16/h5-8H,2-4,9-11H2,1H3,(H,15,17). The van der Waals surface area contributed by atoms with Gasteiger partial charge in [-0.15, -0.1) is 0 Å². The van der Waals surface area contributed by atoms with Crippen molar-refractivity contribution in [3.05, 3.63) is 29.8 Å². The van der Waals surface area contributed by atoms with Crippen molar-refractivity contribution >= 4 is 11.8 Å². The van der Waals surface area contributed by atoms with Gasteiger partial charge in [0, 0.05) is 25.3 Å². The van der Waals surface area contributed by atoms with Gasteiger partial charge < -0.3 is 15.0 Å². The van der Waals surface area contributed by atoms with Crippen LogP contribution in [-0.4, -0.2) is 25.8 Å². The van der Waals surface area contributed by atoms with Crippen molar-refractivity contribution in [1.82, 2.24) is 5.32 Å². The molecule has 1 aromatic carbocycles. The normalized spacial score (nSPS) is 14.6. The Labute approximate surface area is 108 Å². The summed E-state index contributed by atoms with van der Waals surface area (Å²) < 4.78 is 4.81. The molecule has 4 heteroatoms. The molecule has 0 bridgehead atoms. The summed E-state index contributed by atoms with van der Waals surface area (Å²) in [7, 11) is 0. The van der Waals surface area contributed by atoms with Gasteiger partial charge in [-0.25, -0.2) is 4.79 Å². The third-order valence-electron chi connectivity index (χ3n) is 3.12. The van der Waals surface area contributed by atoms with Crippen LogP contribution in [0, 0.1) is 0 Å². The van der Waals surface area contributed by atoms with Crippen LogP contribution in [0.25, 0.3) is 0 Å². The molecule has 18 heavy (non-hydrogen) atoms. The fourth-order valence-electron chi connectivity index (χ4n) is 2.16. The number of carbonyl (C=O) groups excluding carboxylic acids is 1. The molecule has 0 saturated carbocycles. The van der Waals surface area contributed by atoms with Gasteiger partial charge in [0.1, 0.15) is 0 Å². The summed E-state index contributed by atoms with van der Waals surface area (Å²) in [5.41, 5.74) is 2.36. The van der Waals surface area contributed by atoms with Crippen LogP contribution in [0.4, 0.5) is 10.5 Å². The van der Waals surface area contributed by atoms with E-state index in [9.17, 15) is 4.79 Å². The molecule has 0 radical (unpaired) electrons. The zero-order valence-corrected chi connectivity index (χ0v) is 10.8. The van der Waals surface area contributed by atoms with Crippen LogP contribution < -0.4 is 10.2 Å². The lowest BCUT2D eigenvalue weighted by atomic mass is 10.2. The van der Waals surface area contributed by atoms with Crippen molar-refractivity contribution in [3.63, 3.8) is 0 Å². The van der Waals surface area contributed by atoms with Crippen molar-refractivity contribution < 1.29 is 9.53 Å². The van der Waals surface area contributed by atoms with Crippen LogP contribution in [0.2, 0.25) is 0 Å². The van der Waals surface area contributed by atoms with Crippen LogP contribution >= 0.6 is 0 Å². The number of amides is 1. The molecule has 98 valence electrons. The molecule has 1 fully saturated rings. The third-order valence-corrected chi connectivity index (χ3v) is 3.12. The second-order valence-electron chi connectivity index (χ2n) is 4.43. The third kappa shape index (κ3) is 3.39. The van der Waals surface area contributed by atoms with Crippen LogP contribution in [0.3, 0.4) is 0 Å². The molecule has 0 atom stereocenters. The highest BCUT2D eigenvalue weighted by Gasteiger charge is 2.11. The minimum absolute atomic E-state index is 0.360. The van der Waals surface area contributed by atoms with Crippen LogP contribution in [-0.2, 0) is 11.3 Å². The Morgan fingerprint density at radius 3 is 2.56 bits per heavy atom. The number of hydrogen-bond donors (Lipinski definition) is 1. The Bertz CT molecular complexity index is 383. The fourth-order valence-corrected chi connectivity index (χ4v) is 2.16. The summed E-state index contributed by atoms with van der Waals surface area (Å²) in [6, 6.07) is 8.35. The largest absolute Gasteiger partial charge is 0.450 e. The highest BCUT2D eigenvalue weighted by atomic mass is 16.5. The molecular weight excluding hydrogens is 228 g/mol. The first kappa shape index (κ1) is 12.7. The maximum atomic E-state index is 11.2. The van der Waals surface area contributed by atoms with Gasteiger partial charge >= 0.3 is 6.09 Å². The van der Waals surface area contributed by atoms with Crippen molar-refractivity contribution in [2.24, 2.45) is 0 Å². The predicted octanol–water partition coefficient (Wildman–Crippen LogP) is 2.53. The fraction of sp³-hybridized carbons (Fsp3) is 0.500. The van der Waals surface area contributed by atoms with E-state index >= 15 is 0 Å². The van der Waals surface area contributed by atoms with Gasteiger partial charge in [-0.1, -0.05) is 12.1 Å². The molecule has 0 spiro atoms. The Morgan fingerprint density at radius 2 is 1.94 bits per heavy atom. The number of rotatable bonds is 4. The maximum Gasteiger partial charge on any atom is 0.407 e. The van der Waals surface area contributed by atoms with E-state index in [0.29, 0.717) is 13.2 Å². The summed E-state index contributed by atoms with van der Waals surface area (Å²) in [5, 5.41) is 2.71. The van der Waals surface area contributed by atoms with E-state index in [1.165, 1.54) is 18.5 Å². The predicted molar refractivity (Wildman–Crippen MR) is 71.8 cm³/mol. The molecule has 1 aliphatic rings. The summed E-state index contributed by atoms with van der Waals surface area (Å²) >= 11 is 0. The number of ether oxygens (including phenoxy) is 1. The van der Waals surface area contributed by atoms with Gasteiger partial charge in [0.15, 0.2) is 0 Å². The number of anilines is 1. The molecule has 1 saturated heterocycles. The molecule has 1 aromatic rings. The topological polar surface area (TPSA) is 41.6 Å². The first-order chi connectivity index (χ1) is 8.79. The zero-order valence-electron chi connectivity index (χ0n) is 10.8. The highest BCUT2D eigenvalue weighted by molar-refractivity contribution is 5.67. The van der Waals surface area contributed by atoms with Gasteiger partial charge in [0.25, 0.3) is 0 Å². The van der Waals surface area contributed by atoms with E-state index in [4.69, 9.17) is 4.74 Å². The van der Waals surface area contributed by atoms with E-state index in [2.05, 4.69) is 34.5 Å². The Kier molecular flexibility index (Phi) is 4.45. The first-order valence-electron chi connectivity index (χ1n) is 6.54. The van der Waals surface area contributed by atoms with Gasteiger partial charge in [-0.3, -0.25) is 0 Å². The average Bonchev–Trinajstić information content (AvgIpc) is 2.91. The van der Waals surface area contributed by atoms with Crippen LogP contribution in [0.5, 0.6) is 0 Å². The van der Waals surface area contributed by atoms with Crippen LogP contribution in [0.15, 0.2) is 24.3 Å². The van der Waals surface area contributed by atoms with E-state index in [-0.39, 0.29) is 6.09 Å². The molecule has 0 aliphatic carbocycles. The summed E-state index contributed by atoms with van der Waals surface area (Å²) in [4.78, 5) is 13.5. The lowest BCUT2D eigenvalue weighted by molar-refractivity contribution is 0.151. The number of carbonyl (C=O) groups is 1. The molecule has 1 heterocycles. The number of nitrogens with zero attached hydrogens (tertiary/aromatic N) is 1. The zero-order chi connectivity index (χ0) is 12.8. The van der Waals surface area contributed by atoms with Gasteiger partial charge in [0.05, 0.1) is 6.61 Å². The molecule has 1 amide bonds. The minimum Gasteiger partial charge on any atom is -0.450 e. The molecule has 4 nitrogen and oxygen atoms in total. The second-order valence-corrected chi connectivity index (χ2v) is 4.43. The lowest BCUT2D eigenvalue weighted by Crippen LogP contribution is -2.23. The van der Waals surface area contributed by atoms with Crippen molar-refractivity contribution in [1.29, 1.82) is 0 Å². The van der Waals surface area contributed by atoms with Gasteiger partial charge in [-0.05, 0) is 37.5 Å². The van der Waals surface area contributed by atoms with Crippen molar-refractivity contribution in [3.8, 4) is 0 Å². The molecule has 0 unspecified atom stereocenters. The summed E-state index contributed by atoms with van der Waals surface area (Å²) in [5.74, 6) is 0. The molecule has 0 aromatic heterocycles. The van der Waals surface area contributed by atoms with Crippen molar-refractivity contribution in [2.75, 3.05) is 24.6 Å². The van der Waals surface area contributed by atoms with Gasteiger partial charge in [0.2, 0.25) is 0 Å². The maximum absolute atomic E-state index is 11.2. The Balaban J connectivity index is 1.85. The highest BCUT2D eigenvalue weighted by Crippen LogP contribution is 2.20. The number of nitrogens with one attached hydrogen (secondary N) is 1. The molecule has 1 aliphatic heterocycles. The number of hydrogen-bond acceptors (Lipinski definition) is 3. The van der Waals surface area contributed by atoms with E-state index in [1.807, 2.05) is 0 Å². The Morgan fingerprint density at radius 1 is 1.28 bits per heavy atom. The molecule has 1 N–H and O–H groups in total. The SMILES string of the molecule is CCOC(=O)NCc1ccc(N2CCCC2)cc1. The quantitative estimate of drug-likeness (QED) is 0.890. The second kappa shape index (κ2) is 6.28. The van der Waals surface area contributed by atoms with Gasteiger partial charge in [-0.2, -0.15) is 0 Å². The Hall–Kier alpha value is -1.71. The number of benzene rings is 1. The smallest absolute Gasteiger partial charge is 0.407 e.